The zero-order valence-electron chi connectivity index (χ0n) is 23.9. The van der Waals surface area contributed by atoms with Crippen LogP contribution in [0, 0.1) is 5.82 Å². The summed E-state index contributed by atoms with van der Waals surface area (Å²) in [5, 5.41) is 31.2. The minimum Gasteiger partial charge on any atom is -0.493 e. The van der Waals surface area contributed by atoms with E-state index >= 15 is 0 Å². The Morgan fingerprint density at radius 2 is 1.48 bits per heavy atom. The number of carbonyl (C=O) groups is 4. The summed E-state index contributed by atoms with van der Waals surface area (Å²) in [4.78, 5) is 46.8. The second-order valence-electron chi connectivity index (χ2n) is 9.29. The first-order valence-corrected chi connectivity index (χ1v) is 14.2. The number of hydrogen-bond donors (Lipinski definition) is 4. The van der Waals surface area contributed by atoms with Crippen molar-refractivity contribution in [3.05, 3.63) is 83.5 Å². The van der Waals surface area contributed by atoms with Gasteiger partial charge in [0.15, 0.2) is 4.80 Å². The fourth-order valence-electron chi connectivity index (χ4n) is 3.95. The van der Waals surface area contributed by atoms with E-state index in [4.69, 9.17) is 30.2 Å². The van der Waals surface area contributed by atoms with Crippen molar-refractivity contribution in [1.82, 2.24) is 9.47 Å². The van der Waals surface area contributed by atoms with Gasteiger partial charge in [0.25, 0.3) is 0 Å². The maximum absolute atomic E-state index is 13.1. The first-order chi connectivity index (χ1) is 20.9. The molecule has 2 aromatic carbocycles. The summed E-state index contributed by atoms with van der Waals surface area (Å²) in [7, 11) is 2.10. The number of rotatable bonds is 10. The van der Waals surface area contributed by atoms with Gasteiger partial charge in [-0.15, -0.1) is 0 Å². The molecule has 0 unspecified atom stereocenters. The van der Waals surface area contributed by atoms with Crippen LogP contribution in [0.1, 0.15) is 19.3 Å². The number of carboxylic acid groups (broad SMARTS) is 4. The SMILES string of the molecule is Cn1c(=NC2CCN(CCCOc3cccc(F)c3)CC2)sc2ccccc21.O=C(O)C=CC(=O)O.O=C(O)C=CC(=O)O. The lowest BCUT2D eigenvalue weighted by molar-refractivity contribution is -0.134. The minimum absolute atomic E-state index is 0.254. The van der Waals surface area contributed by atoms with Crippen LogP contribution in [0.4, 0.5) is 4.39 Å². The minimum atomic E-state index is -1.26. The van der Waals surface area contributed by atoms with Crippen molar-refractivity contribution < 1.29 is 48.7 Å². The van der Waals surface area contributed by atoms with E-state index in [9.17, 15) is 23.6 Å². The molecule has 2 heterocycles. The lowest BCUT2D eigenvalue weighted by Gasteiger charge is -2.29. The van der Waals surface area contributed by atoms with Crippen LogP contribution in [0.15, 0.2) is 77.8 Å². The van der Waals surface area contributed by atoms with E-state index in [-0.39, 0.29) is 5.82 Å². The molecule has 14 heteroatoms. The van der Waals surface area contributed by atoms with Gasteiger partial charge < -0.3 is 34.6 Å². The third kappa shape index (κ3) is 13.9. The number of halogens is 1. The molecule has 1 saturated heterocycles. The lowest BCUT2D eigenvalue weighted by Crippen LogP contribution is -2.37. The Hall–Kier alpha value is -4.82. The molecule has 1 fully saturated rings. The summed E-state index contributed by atoms with van der Waals surface area (Å²) in [5.41, 5.74) is 1.25. The van der Waals surface area contributed by atoms with E-state index in [0.717, 1.165) is 43.7 Å². The molecule has 1 aromatic heterocycles. The molecule has 236 valence electrons. The zero-order valence-corrected chi connectivity index (χ0v) is 24.7. The highest BCUT2D eigenvalue weighted by molar-refractivity contribution is 7.16. The van der Waals surface area contributed by atoms with Crippen molar-refractivity contribution in [2.75, 3.05) is 26.2 Å². The average molecular weight is 632 g/mol. The molecule has 0 atom stereocenters. The van der Waals surface area contributed by atoms with Gasteiger partial charge in [0.05, 0.1) is 22.9 Å². The molecule has 0 amide bonds. The molecule has 0 radical (unpaired) electrons. The van der Waals surface area contributed by atoms with Crippen molar-refractivity contribution in [2.24, 2.45) is 12.0 Å². The number of aryl methyl sites for hydroxylation is 1. The molecule has 1 aliphatic heterocycles. The summed E-state index contributed by atoms with van der Waals surface area (Å²) in [5.74, 6) is -4.68. The summed E-state index contributed by atoms with van der Waals surface area (Å²) >= 11 is 1.77. The second-order valence-corrected chi connectivity index (χ2v) is 10.3. The monoisotopic (exact) mass is 631 g/mol. The van der Waals surface area contributed by atoms with Crippen LogP contribution in [0.25, 0.3) is 10.2 Å². The van der Waals surface area contributed by atoms with Crippen molar-refractivity contribution >= 4 is 45.4 Å². The molecule has 1 aliphatic rings. The number of thiazole rings is 1. The Bertz CT molecular complexity index is 1470. The topological polar surface area (TPSA) is 179 Å². The number of para-hydroxylation sites is 1. The zero-order chi connectivity index (χ0) is 32.5. The van der Waals surface area contributed by atoms with Crippen molar-refractivity contribution in [2.45, 2.75) is 25.3 Å². The van der Waals surface area contributed by atoms with E-state index in [1.807, 2.05) is 0 Å². The van der Waals surface area contributed by atoms with Gasteiger partial charge in [-0.25, -0.2) is 23.6 Å². The van der Waals surface area contributed by atoms with Gasteiger partial charge >= 0.3 is 23.9 Å². The van der Waals surface area contributed by atoms with Crippen molar-refractivity contribution in [3.63, 3.8) is 0 Å². The normalized spacial score (nSPS) is 14.1. The number of benzene rings is 2. The van der Waals surface area contributed by atoms with E-state index in [1.165, 1.54) is 22.3 Å². The fraction of sp³-hybridized carbons (Fsp3) is 0.300. The molecule has 44 heavy (non-hydrogen) atoms. The number of ether oxygens (including phenoxy) is 1. The average Bonchev–Trinajstić information content (AvgIpc) is 3.29. The molecular formula is C30H34FN3O9S. The summed E-state index contributed by atoms with van der Waals surface area (Å²) in [6.45, 7) is 3.77. The molecular weight excluding hydrogens is 597 g/mol. The van der Waals surface area contributed by atoms with Crippen LogP contribution in [0.2, 0.25) is 0 Å². The number of aromatic nitrogens is 1. The van der Waals surface area contributed by atoms with E-state index in [2.05, 4.69) is 40.8 Å². The molecule has 4 N–H and O–H groups in total. The van der Waals surface area contributed by atoms with Crippen LogP contribution in [0.3, 0.4) is 0 Å². The number of carboxylic acids is 4. The fourth-order valence-corrected chi connectivity index (χ4v) is 5.04. The third-order valence-corrected chi connectivity index (χ3v) is 7.11. The maximum atomic E-state index is 13.1. The molecule has 0 saturated carbocycles. The van der Waals surface area contributed by atoms with Gasteiger partial charge in [-0.2, -0.15) is 0 Å². The quantitative estimate of drug-likeness (QED) is 0.191. The van der Waals surface area contributed by atoms with Crippen LogP contribution < -0.4 is 9.54 Å². The number of piperidine rings is 1. The maximum Gasteiger partial charge on any atom is 0.328 e. The van der Waals surface area contributed by atoms with E-state index in [1.54, 1.807) is 23.5 Å². The molecule has 12 nitrogen and oxygen atoms in total. The predicted molar refractivity (Wildman–Crippen MR) is 161 cm³/mol. The summed E-state index contributed by atoms with van der Waals surface area (Å²) in [6.07, 6.45) is 5.37. The lowest BCUT2D eigenvalue weighted by atomic mass is 10.1. The van der Waals surface area contributed by atoms with Gasteiger partial charge in [0.2, 0.25) is 0 Å². The third-order valence-electron chi connectivity index (χ3n) is 5.99. The number of nitrogens with zero attached hydrogens (tertiary/aromatic N) is 3. The van der Waals surface area contributed by atoms with Gasteiger partial charge in [-0.3, -0.25) is 4.99 Å². The highest BCUT2D eigenvalue weighted by Gasteiger charge is 2.18. The first kappa shape index (κ1) is 35.4. The van der Waals surface area contributed by atoms with Crippen LogP contribution >= 0.6 is 11.3 Å². The molecule has 3 aromatic rings. The van der Waals surface area contributed by atoms with E-state index < -0.39 is 23.9 Å². The highest BCUT2D eigenvalue weighted by atomic mass is 32.1. The highest BCUT2D eigenvalue weighted by Crippen LogP contribution is 2.18. The number of fused-ring (bicyclic) bond motifs is 1. The second kappa shape index (κ2) is 18.7. The van der Waals surface area contributed by atoms with Crippen LogP contribution in [-0.4, -0.2) is 86.1 Å². The van der Waals surface area contributed by atoms with Crippen LogP contribution in [-0.2, 0) is 26.2 Å². The Balaban J connectivity index is 0.000000349. The Morgan fingerprint density at radius 1 is 0.909 bits per heavy atom. The van der Waals surface area contributed by atoms with Gasteiger partial charge in [-0.1, -0.05) is 29.5 Å². The molecule has 0 aliphatic carbocycles. The standard InChI is InChI=1S/C22H26FN3OS.2C4H4O4/c1-25-20-8-2-3-9-21(20)28-22(25)24-18-10-13-26(14-11-18)12-5-15-27-19-7-4-6-17(23)16-19;2*5-3(6)1-2-4(7)8/h2-4,6-9,16,18H,5,10-15H2,1H3;2*1-2H,(H,5,6)(H,7,8). The van der Waals surface area contributed by atoms with Crippen LogP contribution in [0.5, 0.6) is 5.75 Å². The largest absolute Gasteiger partial charge is 0.493 e. The Morgan fingerprint density at radius 3 is 2.00 bits per heavy atom. The molecule has 0 bridgehead atoms. The van der Waals surface area contributed by atoms with Gasteiger partial charge in [0.1, 0.15) is 11.6 Å². The van der Waals surface area contributed by atoms with Crippen molar-refractivity contribution in [3.8, 4) is 5.75 Å². The Kier molecular flexibility index (Phi) is 15.0. The Labute approximate surface area is 256 Å². The molecule has 0 spiro atoms. The predicted octanol–water partition coefficient (Wildman–Crippen LogP) is 3.64. The smallest absolute Gasteiger partial charge is 0.328 e. The summed E-state index contributed by atoms with van der Waals surface area (Å²) in [6, 6.07) is 15.2. The van der Waals surface area contributed by atoms with Crippen molar-refractivity contribution in [1.29, 1.82) is 0 Å². The number of hydrogen-bond acceptors (Lipinski definition) is 8. The first-order valence-electron chi connectivity index (χ1n) is 13.4. The number of aliphatic carboxylic acids is 4. The molecule has 4 rings (SSSR count). The van der Waals surface area contributed by atoms with Gasteiger partial charge in [0, 0.05) is 57.1 Å². The van der Waals surface area contributed by atoms with E-state index in [0.29, 0.717) is 42.7 Å². The number of likely N-dealkylation sites (tertiary alicyclic amines) is 1. The summed E-state index contributed by atoms with van der Waals surface area (Å²) < 4.78 is 22.3. The van der Waals surface area contributed by atoms with Gasteiger partial charge in [-0.05, 0) is 43.5 Å².